The van der Waals surface area contributed by atoms with Crippen molar-refractivity contribution < 1.29 is 14.7 Å². The van der Waals surface area contributed by atoms with Gasteiger partial charge in [-0.1, -0.05) is 20.8 Å². The maximum Gasteiger partial charge on any atom is 0.227 e. The molecule has 0 saturated carbocycles. The van der Waals surface area contributed by atoms with Gasteiger partial charge < -0.3 is 14.9 Å². The maximum atomic E-state index is 12.4. The van der Waals surface area contributed by atoms with Crippen LogP contribution < -0.4 is 0 Å². The number of rotatable bonds is 3. The molecule has 1 fully saturated rings. The Morgan fingerprint density at radius 2 is 1.62 bits per heavy atom. The average molecular weight is 298 g/mol. The molecule has 1 aliphatic heterocycles. The fourth-order valence-corrected chi connectivity index (χ4v) is 2.77. The Bertz CT molecular complexity index is 385. The van der Waals surface area contributed by atoms with Crippen molar-refractivity contribution in [3.63, 3.8) is 0 Å². The average Bonchev–Trinajstić information content (AvgIpc) is 2.34. The normalized spacial score (nSPS) is 17.8. The molecule has 122 valence electrons. The van der Waals surface area contributed by atoms with E-state index in [0.717, 1.165) is 0 Å². The van der Waals surface area contributed by atoms with Gasteiger partial charge in [-0.15, -0.1) is 0 Å². The Morgan fingerprint density at radius 3 is 2.00 bits per heavy atom. The summed E-state index contributed by atoms with van der Waals surface area (Å²) < 4.78 is 0. The third-order valence-corrected chi connectivity index (χ3v) is 3.77. The Kier molecular flexibility index (Phi) is 5.42. The summed E-state index contributed by atoms with van der Waals surface area (Å²) in [5.74, 6) is 0.180. The third kappa shape index (κ3) is 5.30. The number of nitrogens with zero attached hydrogens (tertiary/aromatic N) is 2. The van der Waals surface area contributed by atoms with Crippen LogP contribution in [0.4, 0.5) is 0 Å². The molecule has 0 aromatic rings. The number of carbonyl (C=O) groups is 2. The molecule has 0 aliphatic carbocycles. The van der Waals surface area contributed by atoms with Crippen LogP contribution in [0.5, 0.6) is 0 Å². The van der Waals surface area contributed by atoms with E-state index in [9.17, 15) is 14.7 Å². The molecular weight excluding hydrogens is 268 g/mol. The molecule has 0 aromatic carbocycles. The van der Waals surface area contributed by atoms with E-state index in [0.29, 0.717) is 32.5 Å². The van der Waals surface area contributed by atoms with Gasteiger partial charge in [-0.2, -0.15) is 0 Å². The molecule has 0 bridgehead atoms. The van der Waals surface area contributed by atoms with Crippen molar-refractivity contribution in [2.45, 2.75) is 53.1 Å². The van der Waals surface area contributed by atoms with E-state index in [1.165, 1.54) is 0 Å². The maximum absolute atomic E-state index is 12.4. The summed E-state index contributed by atoms with van der Waals surface area (Å²) in [6, 6.07) is 0. The molecule has 5 heteroatoms. The minimum atomic E-state index is -0.882. The van der Waals surface area contributed by atoms with Gasteiger partial charge in [0.05, 0.1) is 5.60 Å². The van der Waals surface area contributed by atoms with Crippen LogP contribution in [-0.4, -0.2) is 59.0 Å². The lowest BCUT2D eigenvalue weighted by molar-refractivity contribution is -0.145. The van der Waals surface area contributed by atoms with Crippen LogP contribution in [0.3, 0.4) is 0 Å². The van der Waals surface area contributed by atoms with E-state index in [1.54, 1.807) is 25.8 Å². The monoisotopic (exact) mass is 298 g/mol. The van der Waals surface area contributed by atoms with Gasteiger partial charge >= 0.3 is 0 Å². The van der Waals surface area contributed by atoms with E-state index in [1.807, 2.05) is 25.7 Å². The van der Waals surface area contributed by atoms with Crippen molar-refractivity contribution in [2.75, 3.05) is 26.7 Å². The molecule has 0 spiro atoms. The molecule has 5 nitrogen and oxygen atoms in total. The van der Waals surface area contributed by atoms with E-state index < -0.39 is 5.60 Å². The van der Waals surface area contributed by atoms with Crippen molar-refractivity contribution in [1.29, 1.82) is 0 Å². The van der Waals surface area contributed by atoms with Gasteiger partial charge in [0.2, 0.25) is 11.8 Å². The van der Waals surface area contributed by atoms with Crippen LogP contribution in [-0.2, 0) is 9.59 Å². The van der Waals surface area contributed by atoms with Crippen molar-refractivity contribution in [3.05, 3.63) is 0 Å². The quantitative estimate of drug-likeness (QED) is 0.859. The summed E-state index contributed by atoms with van der Waals surface area (Å²) in [5.41, 5.74) is -1.25. The van der Waals surface area contributed by atoms with E-state index in [-0.39, 0.29) is 23.1 Å². The predicted octanol–water partition coefficient (Wildman–Crippen LogP) is 1.50. The van der Waals surface area contributed by atoms with Gasteiger partial charge in [0.1, 0.15) is 0 Å². The standard InChI is InChI=1S/C16H30N2O3/c1-15(2,3)14(20)18-9-7-12(8-10-18)13(19)17(6)11-16(4,5)21/h12,21H,7-11H2,1-6H3. The van der Waals surface area contributed by atoms with Gasteiger partial charge in [-0.3, -0.25) is 9.59 Å². The highest BCUT2D eigenvalue weighted by Crippen LogP contribution is 2.24. The lowest BCUT2D eigenvalue weighted by Gasteiger charge is -2.37. The van der Waals surface area contributed by atoms with E-state index in [4.69, 9.17) is 0 Å². The van der Waals surface area contributed by atoms with Crippen LogP contribution >= 0.6 is 0 Å². The second-order valence-electron chi connectivity index (χ2n) is 7.82. The minimum Gasteiger partial charge on any atom is -0.389 e. The number of carbonyl (C=O) groups excluding carboxylic acids is 2. The van der Waals surface area contributed by atoms with Crippen LogP contribution in [0, 0.1) is 11.3 Å². The summed E-state index contributed by atoms with van der Waals surface area (Å²) >= 11 is 0. The molecule has 1 N–H and O–H groups in total. The lowest BCUT2D eigenvalue weighted by Crippen LogP contribution is -2.48. The first-order chi connectivity index (χ1) is 9.42. The lowest BCUT2D eigenvalue weighted by atomic mass is 9.90. The Labute approximate surface area is 128 Å². The van der Waals surface area contributed by atoms with Gasteiger partial charge in [-0.05, 0) is 26.7 Å². The fourth-order valence-electron chi connectivity index (χ4n) is 2.77. The highest BCUT2D eigenvalue weighted by atomic mass is 16.3. The largest absolute Gasteiger partial charge is 0.389 e. The first kappa shape index (κ1) is 18.0. The minimum absolute atomic E-state index is 0.0404. The van der Waals surface area contributed by atoms with Crippen molar-refractivity contribution >= 4 is 11.8 Å². The second kappa shape index (κ2) is 6.34. The summed E-state index contributed by atoms with van der Waals surface area (Å²) in [6.07, 6.45) is 1.41. The fraction of sp³-hybridized carbons (Fsp3) is 0.875. The number of aliphatic hydroxyl groups is 1. The molecule has 2 amide bonds. The number of likely N-dealkylation sites (tertiary alicyclic amines) is 1. The first-order valence-corrected chi connectivity index (χ1v) is 7.68. The van der Waals surface area contributed by atoms with Crippen LogP contribution in [0.25, 0.3) is 0 Å². The highest BCUT2D eigenvalue weighted by molar-refractivity contribution is 5.82. The number of hydrogen-bond donors (Lipinski definition) is 1. The third-order valence-electron chi connectivity index (χ3n) is 3.77. The highest BCUT2D eigenvalue weighted by Gasteiger charge is 2.33. The Hall–Kier alpha value is -1.10. The Balaban J connectivity index is 2.53. The van der Waals surface area contributed by atoms with Crippen LogP contribution in [0.2, 0.25) is 0 Å². The molecule has 21 heavy (non-hydrogen) atoms. The van der Waals surface area contributed by atoms with Gasteiger partial charge in [0.25, 0.3) is 0 Å². The molecule has 1 aliphatic rings. The molecule has 0 atom stereocenters. The summed E-state index contributed by atoms with van der Waals surface area (Å²) in [5, 5.41) is 9.79. The second-order valence-corrected chi connectivity index (χ2v) is 7.82. The zero-order valence-corrected chi connectivity index (χ0v) is 14.3. The topological polar surface area (TPSA) is 60.9 Å². The summed E-state index contributed by atoms with van der Waals surface area (Å²) in [6.45, 7) is 10.8. The molecule has 0 unspecified atom stereocenters. The van der Waals surface area contributed by atoms with Crippen LogP contribution in [0.15, 0.2) is 0 Å². The van der Waals surface area contributed by atoms with E-state index >= 15 is 0 Å². The molecule has 1 heterocycles. The molecule has 1 rings (SSSR count). The van der Waals surface area contributed by atoms with Crippen molar-refractivity contribution in [3.8, 4) is 0 Å². The predicted molar refractivity (Wildman–Crippen MR) is 82.7 cm³/mol. The molecular formula is C16H30N2O3. The first-order valence-electron chi connectivity index (χ1n) is 7.68. The number of piperidine rings is 1. The molecule has 0 aromatic heterocycles. The van der Waals surface area contributed by atoms with E-state index in [2.05, 4.69) is 0 Å². The van der Waals surface area contributed by atoms with Gasteiger partial charge in [0, 0.05) is 38.0 Å². The van der Waals surface area contributed by atoms with Gasteiger partial charge in [-0.25, -0.2) is 0 Å². The smallest absolute Gasteiger partial charge is 0.227 e. The number of hydrogen-bond acceptors (Lipinski definition) is 3. The Morgan fingerprint density at radius 1 is 1.14 bits per heavy atom. The van der Waals surface area contributed by atoms with Gasteiger partial charge in [0.15, 0.2) is 0 Å². The zero-order chi connectivity index (χ0) is 16.4. The van der Waals surface area contributed by atoms with Crippen LogP contribution in [0.1, 0.15) is 47.5 Å². The zero-order valence-electron chi connectivity index (χ0n) is 14.3. The molecule has 0 radical (unpaired) electrons. The summed E-state index contributed by atoms with van der Waals surface area (Å²) in [7, 11) is 1.73. The molecule has 1 saturated heterocycles. The SMILES string of the molecule is CN(CC(C)(C)O)C(=O)C1CCN(C(=O)C(C)(C)C)CC1. The van der Waals surface area contributed by atoms with Crippen molar-refractivity contribution in [2.24, 2.45) is 11.3 Å². The summed E-state index contributed by atoms with van der Waals surface area (Å²) in [4.78, 5) is 28.0. The van der Waals surface area contributed by atoms with Crippen molar-refractivity contribution in [1.82, 2.24) is 9.80 Å². The number of amides is 2. The number of likely N-dealkylation sites (N-methyl/N-ethyl adjacent to an activating group) is 1.